The first-order valence-corrected chi connectivity index (χ1v) is 9.96. The van der Waals surface area contributed by atoms with Gasteiger partial charge >= 0.3 is 0 Å². The highest BCUT2D eigenvalue weighted by Crippen LogP contribution is 2.31. The first-order chi connectivity index (χ1) is 14.2. The molecule has 0 saturated heterocycles. The van der Waals surface area contributed by atoms with E-state index in [9.17, 15) is 0 Å². The second-order valence-corrected chi connectivity index (χ2v) is 6.84. The van der Waals surface area contributed by atoms with Crippen molar-refractivity contribution in [2.75, 3.05) is 18.0 Å². The van der Waals surface area contributed by atoms with Crippen LogP contribution >= 0.6 is 0 Å². The smallest absolute Gasteiger partial charge is 0.255 e. The Labute approximate surface area is 167 Å². The molecule has 0 fully saturated rings. The molecule has 8 nitrogen and oxygen atoms in total. The maximum atomic E-state index is 4.87. The van der Waals surface area contributed by atoms with Gasteiger partial charge in [-0.15, -0.1) is 5.10 Å². The van der Waals surface area contributed by atoms with E-state index < -0.39 is 0 Å². The van der Waals surface area contributed by atoms with Gasteiger partial charge in [-0.25, -0.2) is 9.67 Å². The second-order valence-electron chi connectivity index (χ2n) is 6.84. The van der Waals surface area contributed by atoms with Crippen LogP contribution in [-0.4, -0.2) is 47.4 Å². The van der Waals surface area contributed by atoms with Gasteiger partial charge in [0, 0.05) is 31.4 Å². The van der Waals surface area contributed by atoms with Crippen molar-refractivity contribution < 1.29 is 0 Å². The topological polar surface area (TPSA) is 77.0 Å². The van der Waals surface area contributed by atoms with Crippen LogP contribution in [0.1, 0.15) is 20.8 Å². The monoisotopic (exact) mass is 386 g/mol. The molecule has 0 spiro atoms. The van der Waals surface area contributed by atoms with E-state index in [1.54, 1.807) is 0 Å². The molecule has 0 radical (unpaired) electrons. The predicted molar refractivity (Wildman–Crippen MR) is 114 cm³/mol. The van der Waals surface area contributed by atoms with Crippen molar-refractivity contribution in [1.82, 2.24) is 34.3 Å². The number of benzene rings is 1. The van der Waals surface area contributed by atoms with Gasteiger partial charge in [0.2, 0.25) is 0 Å². The average Bonchev–Trinajstić information content (AvgIpc) is 3.39. The summed E-state index contributed by atoms with van der Waals surface area (Å²) in [4.78, 5) is 16.5. The molecule has 0 N–H and O–H groups in total. The van der Waals surface area contributed by atoms with Crippen LogP contribution in [0.5, 0.6) is 0 Å². The van der Waals surface area contributed by atoms with Gasteiger partial charge in [-0.05, 0) is 20.8 Å². The molecule has 1 aromatic carbocycles. The van der Waals surface area contributed by atoms with Gasteiger partial charge in [-0.1, -0.05) is 30.3 Å². The fourth-order valence-corrected chi connectivity index (χ4v) is 3.79. The molecule has 5 aromatic rings. The van der Waals surface area contributed by atoms with Gasteiger partial charge in [0.15, 0.2) is 11.5 Å². The summed E-state index contributed by atoms with van der Waals surface area (Å²) in [7, 11) is 0. The maximum Gasteiger partial charge on any atom is 0.255 e. The SMILES string of the molecule is CCN(CC)c1nc2nc(-c3ccccc3)nn2c2c1cnc1c2cnn1CC. The van der Waals surface area contributed by atoms with Crippen molar-refractivity contribution in [1.29, 1.82) is 0 Å². The minimum Gasteiger partial charge on any atom is -0.356 e. The van der Waals surface area contributed by atoms with E-state index in [0.717, 1.165) is 53.0 Å². The molecule has 0 atom stereocenters. The second kappa shape index (κ2) is 6.80. The van der Waals surface area contributed by atoms with Crippen LogP contribution in [0.3, 0.4) is 0 Å². The number of aryl methyl sites for hydroxylation is 1. The summed E-state index contributed by atoms with van der Waals surface area (Å²) >= 11 is 0. The molecule has 29 heavy (non-hydrogen) atoms. The molecular weight excluding hydrogens is 364 g/mol. The number of fused-ring (bicyclic) bond motifs is 5. The molecule has 0 amide bonds. The lowest BCUT2D eigenvalue weighted by Crippen LogP contribution is -2.23. The Hall–Kier alpha value is -3.55. The summed E-state index contributed by atoms with van der Waals surface area (Å²) in [6.45, 7) is 8.76. The number of aromatic nitrogens is 7. The molecular formula is C21H22N8. The Bertz CT molecular complexity index is 1310. The minimum atomic E-state index is 0.579. The van der Waals surface area contributed by atoms with Crippen LogP contribution < -0.4 is 4.90 Å². The predicted octanol–water partition coefficient (Wildman–Crippen LogP) is 3.56. The van der Waals surface area contributed by atoms with Gasteiger partial charge < -0.3 is 4.90 Å². The van der Waals surface area contributed by atoms with Crippen molar-refractivity contribution in [2.45, 2.75) is 27.3 Å². The molecule has 0 aliphatic heterocycles. The van der Waals surface area contributed by atoms with E-state index in [2.05, 4.69) is 30.8 Å². The Morgan fingerprint density at radius 3 is 2.45 bits per heavy atom. The van der Waals surface area contributed by atoms with Crippen LogP contribution in [0.4, 0.5) is 5.82 Å². The van der Waals surface area contributed by atoms with Gasteiger partial charge in [0.1, 0.15) is 5.82 Å². The van der Waals surface area contributed by atoms with Gasteiger partial charge in [-0.3, -0.25) is 0 Å². The molecule has 4 aromatic heterocycles. The molecule has 0 saturated carbocycles. The third-order valence-corrected chi connectivity index (χ3v) is 5.28. The quantitative estimate of drug-likeness (QED) is 0.460. The summed E-state index contributed by atoms with van der Waals surface area (Å²) in [5.41, 5.74) is 2.75. The van der Waals surface area contributed by atoms with E-state index in [0.29, 0.717) is 11.6 Å². The molecule has 4 heterocycles. The highest BCUT2D eigenvalue weighted by atomic mass is 15.4. The number of anilines is 1. The van der Waals surface area contributed by atoms with Crippen LogP contribution in [0.15, 0.2) is 42.7 Å². The Kier molecular flexibility index (Phi) is 4.12. The Morgan fingerprint density at radius 1 is 0.931 bits per heavy atom. The van der Waals surface area contributed by atoms with Gasteiger partial charge in [0.25, 0.3) is 5.78 Å². The van der Waals surface area contributed by atoms with Crippen molar-refractivity contribution in [3.05, 3.63) is 42.7 Å². The van der Waals surface area contributed by atoms with Crippen LogP contribution in [0.25, 0.3) is 39.1 Å². The lowest BCUT2D eigenvalue weighted by atomic mass is 10.2. The third kappa shape index (κ3) is 2.63. The van der Waals surface area contributed by atoms with E-state index in [4.69, 9.17) is 20.1 Å². The summed E-state index contributed by atoms with van der Waals surface area (Å²) in [6.07, 6.45) is 3.75. The van der Waals surface area contributed by atoms with E-state index in [-0.39, 0.29) is 0 Å². The first kappa shape index (κ1) is 17.5. The number of hydrogen-bond acceptors (Lipinski definition) is 6. The summed E-state index contributed by atoms with van der Waals surface area (Å²) < 4.78 is 3.73. The normalized spacial score (nSPS) is 11.7. The zero-order valence-corrected chi connectivity index (χ0v) is 16.7. The van der Waals surface area contributed by atoms with Crippen LogP contribution in [0, 0.1) is 0 Å². The number of hydrogen-bond donors (Lipinski definition) is 0. The van der Waals surface area contributed by atoms with Crippen molar-refractivity contribution in [3.63, 3.8) is 0 Å². The van der Waals surface area contributed by atoms with E-state index >= 15 is 0 Å². The Morgan fingerprint density at radius 2 is 1.72 bits per heavy atom. The summed E-state index contributed by atoms with van der Waals surface area (Å²) in [5, 5.41) is 11.2. The number of rotatable bonds is 5. The summed E-state index contributed by atoms with van der Waals surface area (Å²) in [6, 6.07) is 9.98. The van der Waals surface area contributed by atoms with Crippen molar-refractivity contribution in [3.8, 4) is 11.4 Å². The zero-order valence-electron chi connectivity index (χ0n) is 16.7. The van der Waals surface area contributed by atoms with Crippen LogP contribution in [-0.2, 0) is 6.54 Å². The molecule has 0 bridgehead atoms. The largest absolute Gasteiger partial charge is 0.356 e. The molecule has 5 rings (SSSR count). The molecule has 8 heteroatoms. The van der Waals surface area contributed by atoms with E-state index in [1.165, 1.54) is 0 Å². The van der Waals surface area contributed by atoms with Crippen LogP contribution in [0.2, 0.25) is 0 Å². The maximum absolute atomic E-state index is 4.87. The first-order valence-electron chi connectivity index (χ1n) is 9.96. The highest BCUT2D eigenvalue weighted by Gasteiger charge is 2.20. The van der Waals surface area contributed by atoms with Gasteiger partial charge in [0.05, 0.1) is 22.5 Å². The lowest BCUT2D eigenvalue weighted by molar-refractivity contribution is 0.677. The summed E-state index contributed by atoms with van der Waals surface area (Å²) in [5.74, 6) is 2.11. The van der Waals surface area contributed by atoms with Gasteiger partial charge in [-0.2, -0.15) is 19.6 Å². The minimum absolute atomic E-state index is 0.579. The number of pyridine rings is 1. The van der Waals surface area contributed by atoms with Crippen molar-refractivity contribution in [2.24, 2.45) is 0 Å². The standard InChI is InChI=1S/C21H22N8/c1-4-27(5-2)20-15-12-22-19-16(13-23-28(19)6-3)17(15)29-21(25-20)24-18(26-29)14-10-8-7-9-11-14/h7-13H,4-6H2,1-3H3. The molecule has 0 aliphatic carbocycles. The average molecular weight is 386 g/mol. The molecule has 0 unspecified atom stereocenters. The van der Waals surface area contributed by atoms with E-state index in [1.807, 2.05) is 51.9 Å². The molecule has 146 valence electrons. The fraction of sp³-hybridized carbons (Fsp3) is 0.286. The lowest BCUT2D eigenvalue weighted by Gasteiger charge is -2.21. The van der Waals surface area contributed by atoms with Crippen molar-refractivity contribution >= 4 is 33.5 Å². The number of nitrogens with zero attached hydrogens (tertiary/aromatic N) is 8. The Balaban J connectivity index is 1.91. The molecule has 0 aliphatic rings. The highest BCUT2D eigenvalue weighted by molar-refractivity contribution is 6.06. The third-order valence-electron chi connectivity index (χ3n) is 5.28. The zero-order chi connectivity index (χ0) is 20.0. The fourth-order valence-electron chi connectivity index (χ4n) is 3.79.